The molecule has 1 aliphatic rings. The van der Waals surface area contributed by atoms with Crippen molar-refractivity contribution in [1.29, 1.82) is 0 Å². The van der Waals surface area contributed by atoms with E-state index in [4.69, 9.17) is 9.47 Å². The fourth-order valence-corrected chi connectivity index (χ4v) is 3.78. The molecule has 3 aromatic rings. The molecule has 0 aliphatic carbocycles. The Balaban J connectivity index is 1.56. The number of anilines is 2. The van der Waals surface area contributed by atoms with E-state index in [0.717, 1.165) is 49.7 Å². The van der Waals surface area contributed by atoms with E-state index in [2.05, 4.69) is 69.1 Å². The zero-order valence-corrected chi connectivity index (χ0v) is 17.4. The van der Waals surface area contributed by atoms with Crippen LogP contribution in [0.4, 0.5) is 11.4 Å². The van der Waals surface area contributed by atoms with Gasteiger partial charge in [-0.3, -0.25) is 0 Å². The number of rotatable bonds is 5. The van der Waals surface area contributed by atoms with E-state index in [1.807, 2.05) is 38.4 Å². The Morgan fingerprint density at radius 1 is 1.00 bits per heavy atom. The second kappa shape index (κ2) is 7.60. The fourth-order valence-electron chi connectivity index (χ4n) is 3.23. The maximum atomic E-state index is 5.50. The molecule has 0 amide bonds. The topological polar surface area (TPSA) is 33.7 Å². The summed E-state index contributed by atoms with van der Waals surface area (Å²) >= 11 is 3.63. The Morgan fingerprint density at radius 3 is 2.39 bits per heavy atom. The molecule has 142 valence electrons. The summed E-state index contributed by atoms with van der Waals surface area (Å²) in [7, 11) is 4.06. The standard InChI is InChI=1S/C23H21BrN2O2/c1-15(18-6-4-5-7-21(18)26(2)3)25-17-10-8-16(9-11-17)19-12-22-23(13-20(19)24)28-14-27-22/h4-13,25H,1,14H2,2-3H3. The van der Waals surface area contributed by atoms with Crippen molar-refractivity contribution in [2.45, 2.75) is 0 Å². The van der Waals surface area contributed by atoms with E-state index in [1.165, 1.54) is 0 Å². The van der Waals surface area contributed by atoms with Gasteiger partial charge in [-0.15, -0.1) is 0 Å². The highest BCUT2D eigenvalue weighted by Gasteiger charge is 2.17. The molecular formula is C23H21BrN2O2. The minimum atomic E-state index is 0.268. The Kier molecular flexibility index (Phi) is 5.01. The van der Waals surface area contributed by atoms with Gasteiger partial charge in [0.05, 0.1) is 0 Å². The van der Waals surface area contributed by atoms with Gasteiger partial charge in [0.15, 0.2) is 11.5 Å². The van der Waals surface area contributed by atoms with Gasteiger partial charge in [-0.2, -0.15) is 0 Å². The van der Waals surface area contributed by atoms with E-state index < -0.39 is 0 Å². The molecule has 0 aromatic heterocycles. The molecular weight excluding hydrogens is 416 g/mol. The molecule has 0 spiro atoms. The first-order valence-electron chi connectivity index (χ1n) is 8.95. The number of hydrogen-bond acceptors (Lipinski definition) is 4. The van der Waals surface area contributed by atoms with Crippen molar-refractivity contribution in [3.8, 4) is 22.6 Å². The number of para-hydroxylation sites is 1. The van der Waals surface area contributed by atoms with E-state index in [0.29, 0.717) is 0 Å². The zero-order chi connectivity index (χ0) is 19.7. The zero-order valence-electron chi connectivity index (χ0n) is 15.8. The second-order valence-corrected chi connectivity index (χ2v) is 7.63. The number of hydrogen-bond donors (Lipinski definition) is 1. The molecule has 3 aromatic carbocycles. The normalized spacial score (nSPS) is 12.0. The molecule has 0 saturated carbocycles. The third-order valence-corrected chi connectivity index (χ3v) is 5.32. The number of nitrogens with zero attached hydrogens (tertiary/aromatic N) is 1. The van der Waals surface area contributed by atoms with E-state index in [-0.39, 0.29) is 6.79 Å². The summed E-state index contributed by atoms with van der Waals surface area (Å²) in [4.78, 5) is 2.09. The Labute approximate surface area is 173 Å². The van der Waals surface area contributed by atoms with Gasteiger partial charge in [-0.05, 0) is 41.5 Å². The fraction of sp³-hybridized carbons (Fsp3) is 0.130. The summed E-state index contributed by atoms with van der Waals surface area (Å²) in [6, 6.07) is 20.4. The summed E-state index contributed by atoms with van der Waals surface area (Å²) in [5.74, 6) is 1.54. The lowest BCUT2D eigenvalue weighted by atomic mass is 10.0. The first kappa shape index (κ1) is 18.4. The van der Waals surface area contributed by atoms with Crippen molar-refractivity contribution in [2.24, 2.45) is 0 Å². The number of nitrogens with one attached hydrogen (secondary N) is 1. The van der Waals surface area contributed by atoms with Crippen molar-refractivity contribution >= 4 is 33.0 Å². The Bertz CT molecular complexity index is 1030. The van der Waals surface area contributed by atoms with Gasteiger partial charge in [-0.1, -0.05) is 52.8 Å². The average Bonchev–Trinajstić information content (AvgIpc) is 3.15. The molecule has 0 bridgehead atoms. The van der Waals surface area contributed by atoms with Crippen LogP contribution < -0.4 is 19.7 Å². The van der Waals surface area contributed by atoms with Crippen LogP contribution in [0.5, 0.6) is 11.5 Å². The molecule has 0 atom stereocenters. The van der Waals surface area contributed by atoms with Crippen molar-refractivity contribution in [1.82, 2.24) is 0 Å². The van der Waals surface area contributed by atoms with Crippen LogP contribution in [0.3, 0.4) is 0 Å². The van der Waals surface area contributed by atoms with Crippen LogP contribution in [0.1, 0.15) is 5.56 Å². The molecule has 0 radical (unpaired) electrons. The van der Waals surface area contributed by atoms with Gasteiger partial charge in [0, 0.05) is 41.2 Å². The van der Waals surface area contributed by atoms with Gasteiger partial charge in [0.2, 0.25) is 6.79 Å². The van der Waals surface area contributed by atoms with Gasteiger partial charge in [-0.25, -0.2) is 0 Å². The van der Waals surface area contributed by atoms with Gasteiger partial charge < -0.3 is 19.7 Å². The quantitative estimate of drug-likeness (QED) is 0.532. The number of fused-ring (bicyclic) bond motifs is 1. The molecule has 4 nitrogen and oxygen atoms in total. The van der Waals surface area contributed by atoms with Crippen LogP contribution in [0.2, 0.25) is 0 Å². The maximum Gasteiger partial charge on any atom is 0.231 e. The minimum absolute atomic E-state index is 0.268. The monoisotopic (exact) mass is 436 g/mol. The molecule has 28 heavy (non-hydrogen) atoms. The van der Waals surface area contributed by atoms with Gasteiger partial charge >= 0.3 is 0 Å². The van der Waals surface area contributed by atoms with Crippen molar-refractivity contribution in [2.75, 3.05) is 31.1 Å². The first-order valence-corrected chi connectivity index (χ1v) is 9.74. The van der Waals surface area contributed by atoms with E-state index in [1.54, 1.807) is 0 Å². The minimum Gasteiger partial charge on any atom is -0.454 e. The van der Waals surface area contributed by atoms with E-state index >= 15 is 0 Å². The lowest BCUT2D eigenvalue weighted by molar-refractivity contribution is 0.174. The highest BCUT2D eigenvalue weighted by Crippen LogP contribution is 2.41. The van der Waals surface area contributed by atoms with Crippen LogP contribution in [0, 0.1) is 0 Å². The summed E-state index contributed by atoms with van der Waals surface area (Å²) < 4.78 is 11.9. The molecule has 0 fully saturated rings. The van der Waals surface area contributed by atoms with Crippen LogP contribution in [0.15, 0.2) is 71.7 Å². The van der Waals surface area contributed by atoms with Crippen molar-refractivity contribution in [3.63, 3.8) is 0 Å². The van der Waals surface area contributed by atoms with Crippen molar-refractivity contribution < 1.29 is 9.47 Å². The van der Waals surface area contributed by atoms with Crippen LogP contribution in [0.25, 0.3) is 16.8 Å². The Hall–Kier alpha value is -2.92. The van der Waals surface area contributed by atoms with E-state index in [9.17, 15) is 0 Å². The van der Waals surface area contributed by atoms with Crippen LogP contribution in [-0.4, -0.2) is 20.9 Å². The largest absolute Gasteiger partial charge is 0.454 e. The SMILES string of the molecule is C=C(Nc1ccc(-c2cc3c(cc2Br)OCO3)cc1)c1ccccc1N(C)C. The lowest BCUT2D eigenvalue weighted by Crippen LogP contribution is -2.12. The predicted octanol–water partition coefficient (Wildman–Crippen LogP) is 5.99. The molecule has 1 heterocycles. The predicted molar refractivity (Wildman–Crippen MR) is 119 cm³/mol. The highest BCUT2D eigenvalue weighted by molar-refractivity contribution is 9.10. The smallest absolute Gasteiger partial charge is 0.231 e. The third-order valence-electron chi connectivity index (χ3n) is 4.66. The molecule has 0 unspecified atom stereocenters. The van der Waals surface area contributed by atoms with Gasteiger partial charge in [0.25, 0.3) is 0 Å². The van der Waals surface area contributed by atoms with Crippen molar-refractivity contribution in [3.05, 3.63) is 77.3 Å². The number of ether oxygens (including phenoxy) is 2. The lowest BCUT2D eigenvalue weighted by Gasteiger charge is -2.19. The maximum absolute atomic E-state index is 5.50. The Morgan fingerprint density at radius 2 is 1.68 bits per heavy atom. The molecule has 5 heteroatoms. The molecule has 1 aliphatic heterocycles. The van der Waals surface area contributed by atoms with Gasteiger partial charge in [0.1, 0.15) is 0 Å². The summed E-state index contributed by atoms with van der Waals surface area (Å²) in [6.45, 7) is 4.49. The first-order chi connectivity index (χ1) is 13.5. The summed E-state index contributed by atoms with van der Waals surface area (Å²) in [5, 5.41) is 3.41. The molecule has 0 saturated heterocycles. The second-order valence-electron chi connectivity index (χ2n) is 6.78. The summed E-state index contributed by atoms with van der Waals surface area (Å²) in [6.07, 6.45) is 0. The summed E-state index contributed by atoms with van der Waals surface area (Å²) in [5.41, 5.74) is 6.21. The molecule has 4 rings (SSSR count). The number of halogens is 1. The highest BCUT2D eigenvalue weighted by atomic mass is 79.9. The average molecular weight is 437 g/mol. The van der Waals surface area contributed by atoms with Crippen LogP contribution >= 0.6 is 15.9 Å². The molecule has 1 N–H and O–H groups in total. The third kappa shape index (κ3) is 3.58. The number of benzene rings is 3. The van der Waals surface area contributed by atoms with Crippen LogP contribution in [-0.2, 0) is 0 Å².